The number of esters is 1. The molecule has 0 N–H and O–H groups in total. The highest BCUT2D eigenvalue weighted by Gasteiger charge is 2.45. The molecule has 0 amide bonds. The van der Waals surface area contributed by atoms with Gasteiger partial charge in [-0.05, 0) is 30.6 Å². The second-order valence-corrected chi connectivity index (χ2v) is 7.42. The zero-order valence-electron chi connectivity index (χ0n) is 12.6. The van der Waals surface area contributed by atoms with Gasteiger partial charge >= 0.3 is 5.97 Å². The Morgan fingerprint density at radius 3 is 2.53 bits per heavy atom. The number of ether oxygens (including phenoxy) is 1. The van der Waals surface area contributed by atoms with Crippen molar-refractivity contribution in [3.8, 4) is 0 Å². The van der Waals surface area contributed by atoms with Crippen molar-refractivity contribution in [2.75, 3.05) is 18.6 Å². The fourth-order valence-electron chi connectivity index (χ4n) is 2.49. The van der Waals surface area contributed by atoms with Crippen molar-refractivity contribution in [2.45, 2.75) is 58.8 Å². The molecule has 0 aromatic heterocycles. The Balaban J connectivity index is 2.35. The predicted octanol–water partition coefficient (Wildman–Crippen LogP) is 3.29. The largest absolute Gasteiger partial charge is 0.469 e. The molecule has 1 saturated carbocycles. The molecule has 0 aliphatic heterocycles. The summed E-state index contributed by atoms with van der Waals surface area (Å²) in [5.41, 5.74) is 0.000994. The maximum absolute atomic E-state index is 12.3. The van der Waals surface area contributed by atoms with Crippen molar-refractivity contribution in [3.63, 3.8) is 0 Å². The van der Waals surface area contributed by atoms with Crippen LogP contribution < -0.4 is 0 Å². The number of hydrogen-bond donors (Lipinski definition) is 0. The molecule has 1 fully saturated rings. The summed E-state index contributed by atoms with van der Waals surface area (Å²) in [6, 6.07) is 0. The third-order valence-electron chi connectivity index (χ3n) is 4.14. The summed E-state index contributed by atoms with van der Waals surface area (Å²) in [4.78, 5) is 11.3. The Labute approximate surface area is 119 Å². The average molecular weight is 288 g/mol. The van der Waals surface area contributed by atoms with E-state index in [0.717, 1.165) is 25.0 Å². The Bertz CT molecular complexity index is 311. The first-order valence-corrected chi connectivity index (χ1v) is 8.96. The molecule has 0 aromatic rings. The fraction of sp³-hybridized carbons (Fsp3) is 0.933. The van der Waals surface area contributed by atoms with Crippen LogP contribution in [0.4, 0.5) is 0 Å². The van der Waals surface area contributed by atoms with Crippen LogP contribution in [0.15, 0.2) is 0 Å². The van der Waals surface area contributed by atoms with Gasteiger partial charge in [-0.15, -0.1) is 0 Å². The zero-order valence-corrected chi connectivity index (χ0v) is 13.4. The summed E-state index contributed by atoms with van der Waals surface area (Å²) in [5.74, 6) is 1.91. The fourth-order valence-corrected chi connectivity index (χ4v) is 4.61. The number of unbranched alkanes of at least 4 members (excludes halogenated alkanes) is 1. The van der Waals surface area contributed by atoms with E-state index in [1.165, 1.54) is 26.4 Å². The number of carbonyl (C=O) groups is 1. The number of methoxy groups -OCH3 is 1. The summed E-state index contributed by atoms with van der Waals surface area (Å²) < 4.78 is 17.0. The first kappa shape index (κ1) is 16.7. The lowest BCUT2D eigenvalue weighted by Gasteiger charge is -2.17. The SMILES string of the molecule is CCCCC(CC)CS(=O)CC1(CC(=O)OC)CC1. The van der Waals surface area contributed by atoms with Crippen LogP contribution in [-0.2, 0) is 20.3 Å². The molecule has 1 aliphatic carbocycles. The van der Waals surface area contributed by atoms with Gasteiger partial charge in [0.25, 0.3) is 0 Å². The average Bonchev–Trinajstić information content (AvgIpc) is 3.13. The van der Waals surface area contributed by atoms with Crippen molar-refractivity contribution in [2.24, 2.45) is 11.3 Å². The van der Waals surface area contributed by atoms with E-state index in [4.69, 9.17) is 4.74 Å². The Kier molecular flexibility index (Phi) is 7.05. The summed E-state index contributed by atoms with van der Waals surface area (Å²) in [7, 11) is 0.637. The molecule has 3 nitrogen and oxygen atoms in total. The van der Waals surface area contributed by atoms with E-state index in [2.05, 4.69) is 13.8 Å². The standard InChI is InChI=1S/C15H28O3S/c1-4-6-7-13(5-2)11-19(17)12-15(8-9-15)10-14(16)18-3/h13H,4-12H2,1-3H3. The lowest BCUT2D eigenvalue weighted by atomic mass is 10.0. The molecule has 2 unspecified atom stereocenters. The maximum atomic E-state index is 12.3. The molecule has 2 atom stereocenters. The van der Waals surface area contributed by atoms with Crippen LogP contribution in [0.2, 0.25) is 0 Å². The third kappa shape index (κ3) is 6.07. The quantitative estimate of drug-likeness (QED) is 0.579. The first-order chi connectivity index (χ1) is 9.05. The van der Waals surface area contributed by atoms with Crippen LogP contribution in [0.25, 0.3) is 0 Å². The van der Waals surface area contributed by atoms with Crippen molar-refractivity contribution in [1.82, 2.24) is 0 Å². The molecule has 112 valence electrons. The molecule has 19 heavy (non-hydrogen) atoms. The Morgan fingerprint density at radius 2 is 2.05 bits per heavy atom. The van der Waals surface area contributed by atoms with E-state index in [-0.39, 0.29) is 11.4 Å². The lowest BCUT2D eigenvalue weighted by molar-refractivity contribution is -0.141. The second-order valence-electron chi connectivity index (χ2n) is 5.92. The van der Waals surface area contributed by atoms with Crippen molar-refractivity contribution in [3.05, 3.63) is 0 Å². The molecule has 0 saturated heterocycles. The summed E-state index contributed by atoms with van der Waals surface area (Å²) >= 11 is 0. The highest BCUT2D eigenvalue weighted by molar-refractivity contribution is 7.85. The van der Waals surface area contributed by atoms with Gasteiger partial charge in [-0.2, -0.15) is 0 Å². The molecule has 0 heterocycles. The predicted molar refractivity (Wildman–Crippen MR) is 79.5 cm³/mol. The molecular weight excluding hydrogens is 260 g/mol. The van der Waals surface area contributed by atoms with Gasteiger partial charge in [-0.25, -0.2) is 0 Å². The third-order valence-corrected chi connectivity index (χ3v) is 5.91. The molecule has 0 spiro atoms. The molecule has 1 aliphatic rings. The van der Waals surface area contributed by atoms with E-state index < -0.39 is 10.8 Å². The molecule has 1 rings (SSSR count). The van der Waals surface area contributed by atoms with Gasteiger partial charge in [0, 0.05) is 22.3 Å². The van der Waals surface area contributed by atoms with Crippen LogP contribution in [0.1, 0.15) is 58.8 Å². The maximum Gasteiger partial charge on any atom is 0.306 e. The van der Waals surface area contributed by atoms with Gasteiger partial charge in [0.2, 0.25) is 0 Å². The minimum Gasteiger partial charge on any atom is -0.469 e. The number of hydrogen-bond acceptors (Lipinski definition) is 3. The molecule has 0 aromatic carbocycles. The van der Waals surface area contributed by atoms with Gasteiger partial charge in [-0.3, -0.25) is 9.00 Å². The van der Waals surface area contributed by atoms with Gasteiger partial charge in [0.15, 0.2) is 0 Å². The number of carbonyl (C=O) groups excluding carboxylic acids is 1. The molecular formula is C15H28O3S. The van der Waals surface area contributed by atoms with E-state index >= 15 is 0 Å². The van der Waals surface area contributed by atoms with Gasteiger partial charge in [0.1, 0.15) is 0 Å². The van der Waals surface area contributed by atoms with Crippen molar-refractivity contribution < 1.29 is 13.7 Å². The minimum absolute atomic E-state index is 0.000994. The first-order valence-electron chi connectivity index (χ1n) is 7.47. The molecule has 4 heteroatoms. The van der Waals surface area contributed by atoms with Crippen LogP contribution in [0, 0.1) is 11.3 Å². The summed E-state index contributed by atoms with van der Waals surface area (Å²) in [5, 5.41) is 0. The van der Waals surface area contributed by atoms with Gasteiger partial charge < -0.3 is 4.74 Å². The van der Waals surface area contributed by atoms with Crippen molar-refractivity contribution >= 4 is 16.8 Å². The minimum atomic E-state index is -0.787. The zero-order chi connectivity index (χ0) is 14.3. The van der Waals surface area contributed by atoms with E-state index in [1.54, 1.807) is 0 Å². The highest BCUT2D eigenvalue weighted by Crippen LogP contribution is 2.49. The topological polar surface area (TPSA) is 43.4 Å². The van der Waals surface area contributed by atoms with Crippen LogP contribution >= 0.6 is 0 Å². The molecule has 0 radical (unpaired) electrons. The normalized spacial score (nSPS) is 19.7. The van der Waals surface area contributed by atoms with Crippen LogP contribution in [0.5, 0.6) is 0 Å². The summed E-state index contributed by atoms with van der Waals surface area (Å²) in [6.07, 6.45) is 7.22. The lowest BCUT2D eigenvalue weighted by Crippen LogP contribution is -2.21. The number of rotatable bonds is 10. The van der Waals surface area contributed by atoms with Crippen molar-refractivity contribution in [1.29, 1.82) is 0 Å². The van der Waals surface area contributed by atoms with E-state index in [1.807, 2.05) is 0 Å². The van der Waals surface area contributed by atoms with Crippen LogP contribution in [-0.4, -0.2) is 28.8 Å². The smallest absolute Gasteiger partial charge is 0.306 e. The Hall–Kier alpha value is -0.380. The second kappa shape index (κ2) is 8.03. The monoisotopic (exact) mass is 288 g/mol. The molecule has 0 bridgehead atoms. The highest BCUT2D eigenvalue weighted by atomic mass is 32.2. The van der Waals surface area contributed by atoms with Gasteiger partial charge in [-0.1, -0.05) is 33.1 Å². The van der Waals surface area contributed by atoms with Gasteiger partial charge in [0.05, 0.1) is 13.5 Å². The van der Waals surface area contributed by atoms with E-state index in [0.29, 0.717) is 18.1 Å². The van der Waals surface area contributed by atoms with Crippen LogP contribution in [0.3, 0.4) is 0 Å². The van der Waals surface area contributed by atoms with E-state index in [9.17, 15) is 9.00 Å². The Morgan fingerprint density at radius 1 is 1.37 bits per heavy atom. The summed E-state index contributed by atoms with van der Waals surface area (Å²) in [6.45, 7) is 4.37.